The van der Waals surface area contributed by atoms with Crippen LogP contribution in [0.1, 0.15) is 48.7 Å². The fraction of sp³-hybridized carbons (Fsp3) is 0.435. The highest BCUT2D eigenvalue weighted by Gasteiger charge is 2.20. The minimum Gasteiger partial charge on any atom is -0.508 e. The number of phenolic OH excluding ortho intramolecular Hbond substituents is 1. The molecule has 1 unspecified atom stereocenters. The molecule has 1 aliphatic heterocycles. The molecule has 5 nitrogen and oxygen atoms in total. The third-order valence-electron chi connectivity index (χ3n) is 5.44. The Bertz CT molecular complexity index is 766. The van der Waals surface area contributed by atoms with Crippen LogP contribution in [0, 0.1) is 0 Å². The standard InChI is InChI=1S/C23H31N3O2/c1-3-26(4-2)23(28)18-10-12-20(13-11-18)24-22(17-25-14-5-6-15-25)19-8-7-9-21(27)16-19/h7-13,16,22,24,27H,3-6,14-15,17H2,1-2H3. The van der Waals surface area contributed by atoms with Crippen molar-refractivity contribution in [3.63, 3.8) is 0 Å². The molecule has 2 aromatic rings. The highest BCUT2D eigenvalue weighted by Crippen LogP contribution is 2.25. The number of amides is 1. The summed E-state index contributed by atoms with van der Waals surface area (Å²) >= 11 is 0. The van der Waals surface area contributed by atoms with Gasteiger partial charge in [-0.25, -0.2) is 0 Å². The molecule has 1 heterocycles. The zero-order valence-corrected chi connectivity index (χ0v) is 16.9. The fourth-order valence-corrected chi connectivity index (χ4v) is 3.80. The molecular weight excluding hydrogens is 350 g/mol. The third-order valence-corrected chi connectivity index (χ3v) is 5.44. The van der Waals surface area contributed by atoms with E-state index in [4.69, 9.17) is 0 Å². The van der Waals surface area contributed by atoms with Crippen LogP contribution in [0.3, 0.4) is 0 Å². The van der Waals surface area contributed by atoms with Gasteiger partial charge in [-0.2, -0.15) is 0 Å². The Hall–Kier alpha value is -2.53. The van der Waals surface area contributed by atoms with Crippen molar-refractivity contribution in [2.45, 2.75) is 32.7 Å². The van der Waals surface area contributed by atoms with Crippen molar-refractivity contribution in [2.24, 2.45) is 0 Å². The number of benzene rings is 2. The quantitative estimate of drug-likeness (QED) is 0.722. The zero-order valence-electron chi connectivity index (χ0n) is 16.9. The molecule has 0 saturated carbocycles. The Morgan fingerprint density at radius 3 is 2.39 bits per heavy atom. The number of nitrogens with one attached hydrogen (secondary N) is 1. The second-order valence-corrected chi connectivity index (χ2v) is 7.35. The van der Waals surface area contributed by atoms with Gasteiger partial charge in [0.1, 0.15) is 5.75 Å². The average Bonchev–Trinajstić information content (AvgIpc) is 3.22. The maximum atomic E-state index is 12.5. The molecule has 1 saturated heterocycles. The van der Waals surface area contributed by atoms with E-state index in [1.54, 1.807) is 6.07 Å². The molecule has 5 heteroatoms. The second kappa shape index (κ2) is 9.60. The average molecular weight is 382 g/mol. The molecule has 150 valence electrons. The van der Waals surface area contributed by atoms with Crippen molar-refractivity contribution in [1.82, 2.24) is 9.80 Å². The highest BCUT2D eigenvalue weighted by atomic mass is 16.3. The molecule has 1 amide bonds. The first kappa shape index (κ1) is 20.2. The van der Waals surface area contributed by atoms with Gasteiger partial charge in [0.25, 0.3) is 5.91 Å². The van der Waals surface area contributed by atoms with Crippen LogP contribution < -0.4 is 5.32 Å². The van der Waals surface area contributed by atoms with Gasteiger partial charge < -0.3 is 20.2 Å². The van der Waals surface area contributed by atoms with E-state index in [0.29, 0.717) is 18.7 Å². The van der Waals surface area contributed by atoms with Crippen LogP contribution in [-0.2, 0) is 0 Å². The molecule has 1 fully saturated rings. The number of aromatic hydroxyl groups is 1. The Morgan fingerprint density at radius 1 is 1.11 bits per heavy atom. The van der Waals surface area contributed by atoms with Crippen molar-refractivity contribution < 1.29 is 9.90 Å². The van der Waals surface area contributed by atoms with Gasteiger partial charge in [0.2, 0.25) is 0 Å². The molecule has 1 aliphatic rings. The van der Waals surface area contributed by atoms with Crippen LogP contribution in [0.5, 0.6) is 5.75 Å². The van der Waals surface area contributed by atoms with Crippen molar-refractivity contribution in [3.05, 3.63) is 59.7 Å². The van der Waals surface area contributed by atoms with E-state index in [1.807, 2.05) is 61.2 Å². The lowest BCUT2D eigenvalue weighted by Crippen LogP contribution is -2.30. The van der Waals surface area contributed by atoms with E-state index >= 15 is 0 Å². The summed E-state index contributed by atoms with van der Waals surface area (Å²) in [6.45, 7) is 8.55. The lowest BCUT2D eigenvalue weighted by molar-refractivity contribution is 0.0773. The molecule has 2 N–H and O–H groups in total. The van der Waals surface area contributed by atoms with Gasteiger partial charge in [-0.3, -0.25) is 4.79 Å². The summed E-state index contributed by atoms with van der Waals surface area (Å²) in [5, 5.41) is 13.5. The second-order valence-electron chi connectivity index (χ2n) is 7.35. The van der Waals surface area contributed by atoms with Crippen molar-refractivity contribution >= 4 is 11.6 Å². The fourth-order valence-electron chi connectivity index (χ4n) is 3.80. The van der Waals surface area contributed by atoms with E-state index in [9.17, 15) is 9.90 Å². The van der Waals surface area contributed by atoms with Gasteiger partial charge >= 0.3 is 0 Å². The van der Waals surface area contributed by atoms with Crippen LogP contribution >= 0.6 is 0 Å². The van der Waals surface area contributed by atoms with E-state index in [-0.39, 0.29) is 17.7 Å². The van der Waals surface area contributed by atoms with E-state index in [2.05, 4.69) is 10.2 Å². The molecule has 0 aromatic heterocycles. The number of nitrogens with zero attached hydrogens (tertiary/aromatic N) is 2. The summed E-state index contributed by atoms with van der Waals surface area (Å²) in [4.78, 5) is 16.8. The van der Waals surface area contributed by atoms with Crippen molar-refractivity contribution in [3.8, 4) is 5.75 Å². The molecule has 1 atom stereocenters. The van der Waals surface area contributed by atoms with Crippen LogP contribution in [0.2, 0.25) is 0 Å². The van der Waals surface area contributed by atoms with Gasteiger partial charge in [-0.1, -0.05) is 12.1 Å². The van der Waals surface area contributed by atoms with Gasteiger partial charge in [0.05, 0.1) is 6.04 Å². The summed E-state index contributed by atoms with van der Waals surface area (Å²) < 4.78 is 0. The molecule has 0 radical (unpaired) electrons. The molecule has 2 aromatic carbocycles. The highest BCUT2D eigenvalue weighted by molar-refractivity contribution is 5.94. The minimum absolute atomic E-state index is 0.0677. The largest absolute Gasteiger partial charge is 0.508 e. The van der Waals surface area contributed by atoms with Gasteiger partial charge in [0.15, 0.2) is 0 Å². The number of hydrogen-bond donors (Lipinski definition) is 2. The topological polar surface area (TPSA) is 55.8 Å². The van der Waals surface area contributed by atoms with E-state index in [1.165, 1.54) is 12.8 Å². The first-order chi connectivity index (χ1) is 13.6. The van der Waals surface area contributed by atoms with E-state index in [0.717, 1.165) is 30.9 Å². The lowest BCUT2D eigenvalue weighted by Gasteiger charge is -2.26. The number of anilines is 1. The van der Waals surface area contributed by atoms with Gasteiger partial charge in [0, 0.05) is 30.9 Å². The molecule has 28 heavy (non-hydrogen) atoms. The van der Waals surface area contributed by atoms with Crippen LogP contribution in [-0.4, -0.2) is 53.5 Å². The number of carbonyl (C=O) groups is 1. The monoisotopic (exact) mass is 381 g/mol. The van der Waals surface area contributed by atoms with E-state index < -0.39 is 0 Å². The summed E-state index contributed by atoms with van der Waals surface area (Å²) in [5.41, 5.74) is 2.75. The summed E-state index contributed by atoms with van der Waals surface area (Å²) in [5.74, 6) is 0.351. The lowest BCUT2D eigenvalue weighted by atomic mass is 10.0. The first-order valence-corrected chi connectivity index (χ1v) is 10.3. The van der Waals surface area contributed by atoms with Gasteiger partial charge in [-0.05, 0) is 81.7 Å². The Morgan fingerprint density at radius 2 is 1.79 bits per heavy atom. The number of phenols is 1. The molecular formula is C23H31N3O2. The maximum absolute atomic E-state index is 12.5. The summed E-state index contributed by atoms with van der Waals surface area (Å²) in [6.07, 6.45) is 2.49. The molecule has 3 rings (SSSR count). The molecule has 0 spiro atoms. The van der Waals surface area contributed by atoms with Crippen molar-refractivity contribution in [2.75, 3.05) is 38.0 Å². The number of likely N-dealkylation sites (tertiary alicyclic amines) is 1. The number of hydrogen-bond acceptors (Lipinski definition) is 4. The van der Waals surface area contributed by atoms with Crippen LogP contribution in [0.25, 0.3) is 0 Å². The van der Waals surface area contributed by atoms with Crippen molar-refractivity contribution in [1.29, 1.82) is 0 Å². The summed E-state index contributed by atoms with van der Waals surface area (Å²) in [6, 6.07) is 15.2. The predicted molar refractivity (Wildman–Crippen MR) is 114 cm³/mol. The molecule has 0 aliphatic carbocycles. The minimum atomic E-state index is 0.0677. The normalized spacial score (nSPS) is 15.4. The summed E-state index contributed by atoms with van der Waals surface area (Å²) in [7, 11) is 0. The predicted octanol–water partition coefficient (Wildman–Crippen LogP) is 4.12. The Kier molecular flexibility index (Phi) is 6.93. The Balaban J connectivity index is 1.75. The zero-order chi connectivity index (χ0) is 19.9. The van der Waals surface area contributed by atoms with Crippen LogP contribution in [0.15, 0.2) is 48.5 Å². The SMILES string of the molecule is CCN(CC)C(=O)c1ccc(NC(CN2CCCC2)c2cccc(O)c2)cc1. The van der Waals surface area contributed by atoms with Crippen LogP contribution in [0.4, 0.5) is 5.69 Å². The maximum Gasteiger partial charge on any atom is 0.253 e. The number of rotatable bonds is 8. The smallest absolute Gasteiger partial charge is 0.253 e. The van der Waals surface area contributed by atoms with Gasteiger partial charge in [-0.15, -0.1) is 0 Å². The molecule has 0 bridgehead atoms. The number of carbonyl (C=O) groups excluding carboxylic acids is 1. The third kappa shape index (κ3) is 5.04. The Labute approximate surface area is 168 Å². The first-order valence-electron chi connectivity index (χ1n) is 10.3.